The molecule has 2 N–H and O–H groups in total. The SMILES string of the molecule is COc1ccc(-c2nc(C(=O)O)c(C)[nH]2)cc1F. The molecular formula is C12H11FN2O3. The van der Waals surface area contributed by atoms with Gasteiger partial charge < -0.3 is 14.8 Å². The number of imidazole rings is 1. The summed E-state index contributed by atoms with van der Waals surface area (Å²) in [4.78, 5) is 17.6. The third kappa shape index (κ3) is 2.04. The molecule has 18 heavy (non-hydrogen) atoms. The number of hydrogen-bond donors (Lipinski definition) is 2. The van der Waals surface area contributed by atoms with Gasteiger partial charge in [0.05, 0.1) is 7.11 Å². The molecule has 0 bridgehead atoms. The van der Waals surface area contributed by atoms with Crippen molar-refractivity contribution in [2.24, 2.45) is 0 Å². The first kappa shape index (κ1) is 12.1. The topological polar surface area (TPSA) is 75.2 Å². The number of methoxy groups -OCH3 is 1. The number of carboxylic acids is 1. The predicted octanol–water partition coefficient (Wildman–Crippen LogP) is 2.23. The first-order valence-corrected chi connectivity index (χ1v) is 5.16. The number of aryl methyl sites for hydroxylation is 1. The van der Waals surface area contributed by atoms with E-state index in [9.17, 15) is 9.18 Å². The van der Waals surface area contributed by atoms with Gasteiger partial charge in [-0.05, 0) is 25.1 Å². The van der Waals surface area contributed by atoms with Crippen molar-refractivity contribution in [1.29, 1.82) is 0 Å². The zero-order chi connectivity index (χ0) is 13.3. The van der Waals surface area contributed by atoms with Crippen LogP contribution < -0.4 is 4.74 Å². The van der Waals surface area contributed by atoms with Gasteiger partial charge in [-0.25, -0.2) is 14.2 Å². The third-order valence-electron chi connectivity index (χ3n) is 2.51. The van der Waals surface area contributed by atoms with Crippen LogP contribution >= 0.6 is 0 Å². The molecular weight excluding hydrogens is 239 g/mol. The summed E-state index contributed by atoms with van der Waals surface area (Å²) in [6.07, 6.45) is 0. The van der Waals surface area contributed by atoms with Crippen LogP contribution in [0.2, 0.25) is 0 Å². The Morgan fingerprint density at radius 3 is 2.72 bits per heavy atom. The summed E-state index contributed by atoms with van der Waals surface area (Å²) >= 11 is 0. The van der Waals surface area contributed by atoms with Gasteiger partial charge in [-0.1, -0.05) is 0 Å². The van der Waals surface area contributed by atoms with Crippen molar-refractivity contribution in [3.63, 3.8) is 0 Å². The molecule has 0 saturated carbocycles. The lowest BCUT2D eigenvalue weighted by molar-refractivity contribution is 0.0690. The summed E-state index contributed by atoms with van der Waals surface area (Å²) in [6, 6.07) is 4.30. The second-order valence-electron chi connectivity index (χ2n) is 3.71. The Bertz CT molecular complexity index is 607. The van der Waals surface area contributed by atoms with Crippen LogP contribution in [0, 0.1) is 12.7 Å². The summed E-state index contributed by atoms with van der Waals surface area (Å²) in [5.41, 5.74) is 0.818. The van der Waals surface area contributed by atoms with Crippen molar-refractivity contribution >= 4 is 5.97 Å². The van der Waals surface area contributed by atoms with Gasteiger partial charge in [-0.15, -0.1) is 0 Å². The fraction of sp³-hybridized carbons (Fsp3) is 0.167. The fourth-order valence-corrected chi connectivity index (χ4v) is 1.62. The van der Waals surface area contributed by atoms with Gasteiger partial charge in [0.15, 0.2) is 17.3 Å². The molecule has 1 heterocycles. The lowest BCUT2D eigenvalue weighted by atomic mass is 10.2. The summed E-state index contributed by atoms with van der Waals surface area (Å²) in [6.45, 7) is 1.60. The number of aromatic amines is 1. The Kier molecular flexibility index (Phi) is 3.01. The number of halogens is 1. The molecule has 0 radical (unpaired) electrons. The summed E-state index contributed by atoms with van der Waals surface area (Å²) in [5.74, 6) is -1.21. The number of benzene rings is 1. The summed E-state index contributed by atoms with van der Waals surface area (Å²) in [5, 5.41) is 8.89. The van der Waals surface area contributed by atoms with Gasteiger partial charge in [0, 0.05) is 11.3 Å². The van der Waals surface area contributed by atoms with Crippen LogP contribution in [0.3, 0.4) is 0 Å². The van der Waals surface area contributed by atoms with Crippen molar-refractivity contribution < 1.29 is 19.0 Å². The van der Waals surface area contributed by atoms with E-state index in [1.165, 1.54) is 19.2 Å². The molecule has 6 heteroatoms. The number of carbonyl (C=O) groups is 1. The highest BCUT2D eigenvalue weighted by molar-refractivity contribution is 5.87. The molecule has 0 aliphatic carbocycles. The molecule has 5 nitrogen and oxygen atoms in total. The van der Waals surface area contributed by atoms with Gasteiger partial charge in [0.2, 0.25) is 0 Å². The molecule has 1 aromatic heterocycles. The second kappa shape index (κ2) is 4.48. The van der Waals surface area contributed by atoms with Crippen molar-refractivity contribution in [2.75, 3.05) is 7.11 Å². The zero-order valence-electron chi connectivity index (χ0n) is 9.82. The van der Waals surface area contributed by atoms with Gasteiger partial charge in [-0.2, -0.15) is 0 Å². The average molecular weight is 250 g/mol. The quantitative estimate of drug-likeness (QED) is 0.875. The summed E-state index contributed by atoms with van der Waals surface area (Å²) < 4.78 is 18.3. The monoisotopic (exact) mass is 250 g/mol. The van der Waals surface area contributed by atoms with E-state index in [2.05, 4.69) is 9.97 Å². The first-order chi connectivity index (χ1) is 8.52. The Morgan fingerprint density at radius 1 is 1.50 bits per heavy atom. The lowest BCUT2D eigenvalue weighted by Crippen LogP contribution is -1.98. The first-order valence-electron chi connectivity index (χ1n) is 5.16. The largest absolute Gasteiger partial charge is 0.494 e. The zero-order valence-corrected chi connectivity index (χ0v) is 9.82. The maximum Gasteiger partial charge on any atom is 0.356 e. The highest BCUT2D eigenvalue weighted by Gasteiger charge is 2.15. The number of nitrogens with zero attached hydrogens (tertiary/aromatic N) is 1. The smallest absolute Gasteiger partial charge is 0.356 e. The molecule has 0 spiro atoms. The molecule has 2 aromatic rings. The van der Waals surface area contributed by atoms with Gasteiger partial charge in [0.25, 0.3) is 0 Å². The minimum absolute atomic E-state index is 0.0683. The van der Waals surface area contributed by atoms with Crippen molar-refractivity contribution in [1.82, 2.24) is 9.97 Å². The van der Waals surface area contributed by atoms with Crippen molar-refractivity contribution in [3.05, 3.63) is 35.4 Å². The van der Waals surface area contributed by atoms with Crippen LogP contribution in [-0.2, 0) is 0 Å². The Morgan fingerprint density at radius 2 is 2.22 bits per heavy atom. The normalized spacial score (nSPS) is 10.4. The van der Waals surface area contributed by atoms with E-state index in [4.69, 9.17) is 9.84 Å². The van der Waals surface area contributed by atoms with Crippen LogP contribution in [0.4, 0.5) is 4.39 Å². The van der Waals surface area contributed by atoms with Crippen LogP contribution in [0.25, 0.3) is 11.4 Å². The minimum atomic E-state index is -1.12. The van der Waals surface area contributed by atoms with Crippen molar-refractivity contribution in [2.45, 2.75) is 6.92 Å². The minimum Gasteiger partial charge on any atom is -0.494 e. The van der Waals surface area contributed by atoms with Gasteiger partial charge >= 0.3 is 5.97 Å². The molecule has 0 unspecified atom stereocenters. The number of H-pyrrole nitrogens is 1. The average Bonchev–Trinajstić information content (AvgIpc) is 2.71. The molecule has 2 rings (SSSR count). The maximum absolute atomic E-state index is 13.5. The molecule has 1 aromatic carbocycles. The van der Waals surface area contributed by atoms with E-state index in [0.29, 0.717) is 17.1 Å². The van der Waals surface area contributed by atoms with E-state index >= 15 is 0 Å². The Balaban J connectivity index is 2.46. The predicted molar refractivity (Wildman–Crippen MR) is 62.2 cm³/mol. The fourth-order valence-electron chi connectivity index (χ4n) is 1.62. The molecule has 0 aliphatic rings. The number of carboxylic acid groups (broad SMARTS) is 1. The maximum atomic E-state index is 13.5. The number of aromatic carboxylic acids is 1. The summed E-state index contributed by atoms with van der Waals surface area (Å²) in [7, 11) is 1.37. The third-order valence-corrected chi connectivity index (χ3v) is 2.51. The van der Waals surface area contributed by atoms with Crippen LogP contribution in [-0.4, -0.2) is 28.2 Å². The number of ether oxygens (including phenoxy) is 1. The number of nitrogens with one attached hydrogen (secondary N) is 1. The molecule has 0 fully saturated rings. The molecule has 0 saturated heterocycles. The highest BCUT2D eigenvalue weighted by Crippen LogP contribution is 2.24. The Hall–Kier alpha value is -2.37. The van der Waals surface area contributed by atoms with E-state index < -0.39 is 11.8 Å². The van der Waals surface area contributed by atoms with Crippen LogP contribution in [0.15, 0.2) is 18.2 Å². The van der Waals surface area contributed by atoms with Crippen LogP contribution in [0.5, 0.6) is 5.75 Å². The van der Waals surface area contributed by atoms with Gasteiger partial charge in [-0.3, -0.25) is 0 Å². The van der Waals surface area contributed by atoms with Crippen LogP contribution in [0.1, 0.15) is 16.2 Å². The molecule has 0 aliphatic heterocycles. The Labute approximate surface area is 102 Å². The molecule has 94 valence electrons. The van der Waals surface area contributed by atoms with Crippen molar-refractivity contribution in [3.8, 4) is 17.1 Å². The highest BCUT2D eigenvalue weighted by atomic mass is 19.1. The standard InChI is InChI=1S/C12H11FN2O3/c1-6-10(12(16)17)15-11(14-6)7-3-4-9(18-2)8(13)5-7/h3-5H,1-2H3,(H,14,15)(H,16,17). The van der Waals surface area contributed by atoms with E-state index in [1.54, 1.807) is 13.0 Å². The molecule has 0 amide bonds. The van der Waals surface area contributed by atoms with Gasteiger partial charge in [0.1, 0.15) is 5.82 Å². The number of rotatable bonds is 3. The number of hydrogen-bond acceptors (Lipinski definition) is 3. The van der Waals surface area contributed by atoms with E-state index in [-0.39, 0.29) is 11.4 Å². The van der Waals surface area contributed by atoms with E-state index in [1.807, 2.05) is 0 Å². The lowest BCUT2D eigenvalue weighted by Gasteiger charge is -2.02. The van der Waals surface area contributed by atoms with E-state index in [0.717, 1.165) is 0 Å². The molecule has 0 atom stereocenters. The number of aromatic nitrogens is 2. The second-order valence-corrected chi connectivity index (χ2v) is 3.71.